The van der Waals surface area contributed by atoms with Gasteiger partial charge in [0, 0.05) is 17.7 Å². The summed E-state index contributed by atoms with van der Waals surface area (Å²) in [5.41, 5.74) is 6.92. The number of amides is 2. The van der Waals surface area contributed by atoms with Crippen molar-refractivity contribution in [1.29, 1.82) is 0 Å². The lowest BCUT2D eigenvalue weighted by Gasteiger charge is -2.31. The predicted octanol–water partition coefficient (Wildman–Crippen LogP) is 2.90. The van der Waals surface area contributed by atoms with Crippen molar-refractivity contribution >= 4 is 28.5 Å². The van der Waals surface area contributed by atoms with E-state index < -0.39 is 0 Å². The third-order valence-electron chi connectivity index (χ3n) is 6.10. The maximum Gasteiger partial charge on any atom is 0.257 e. The summed E-state index contributed by atoms with van der Waals surface area (Å²) in [7, 11) is 0. The van der Waals surface area contributed by atoms with Gasteiger partial charge in [-0.05, 0) is 50.2 Å². The van der Waals surface area contributed by atoms with E-state index in [9.17, 15) is 9.59 Å². The minimum atomic E-state index is -0.311. The molecule has 4 heterocycles. The molecule has 0 radical (unpaired) electrons. The van der Waals surface area contributed by atoms with Crippen LogP contribution in [0, 0.1) is 5.92 Å². The first-order chi connectivity index (χ1) is 15.1. The van der Waals surface area contributed by atoms with Crippen molar-refractivity contribution in [3.05, 3.63) is 60.2 Å². The van der Waals surface area contributed by atoms with E-state index in [1.807, 2.05) is 42.5 Å². The molecule has 8 heteroatoms. The molecule has 1 aromatic carbocycles. The minimum absolute atomic E-state index is 0.105. The molecule has 1 fully saturated rings. The SMILES string of the molecule is NC(=O)C1CCN(CC(=O)N2N=C(c3cc4ccccc4o3)CC2c2ccco2)CC1. The van der Waals surface area contributed by atoms with Gasteiger partial charge in [0.15, 0.2) is 5.76 Å². The standard InChI is InChI=1S/C23H24N4O4/c24-23(29)15-7-9-26(10-8-15)14-22(28)27-18(20-6-3-11-30-20)13-17(25-27)21-12-16-4-1-2-5-19(16)31-21/h1-6,11-12,15,18H,7-10,13-14H2,(H2,24,29). The number of para-hydroxylation sites is 1. The van der Waals surface area contributed by atoms with Crippen LogP contribution >= 0.6 is 0 Å². The van der Waals surface area contributed by atoms with Gasteiger partial charge in [-0.2, -0.15) is 5.10 Å². The number of nitrogens with two attached hydrogens (primary N) is 1. The van der Waals surface area contributed by atoms with Crippen molar-refractivity contribution in [3.8, 4) is 0 Å². The average Bonchev–Trinajstić information content (AvgIpc) is 3.52. The Hall–Kier alpha value is -3.39. The number of likely N-dealkylation sites (tertiary alicyclic amines) is 1. The third kappa shape index (κ3) is 3.86. The first kappa shape index (κ1) is 19.6. The average molecular weight is 420 g/mol. The zero-order chi connectivity index (χ0) is 21.4. The summed E-state index contributed by atoms with van der Waals surface area (Å²) in [5, 5.41) is 7.16. The molecule has 2 aromatic heterocycles. The Bertz CT molecular complexity index is 1090. The van der Waals surface area contributed by atoms with Gasteiger partial charge in [-0.1, -0.05) is 18.2 Å². The fourth-order valence-corrected chi connectivity index (χ4v) is 4.36. The molecule has 2 N–H and O–H groups in total. The number of hydrazone groups is 1. The van der Waals surface area contributed by atoms with Crippen LogP contribution in [0.15, 0.2) is 62.7 Å². The van der Waals surface area contributed by atoms with Crippen LogP contribution in [0.4, 0.5) is 0 Å². The number of primary amides is 1. The second-order valence-electron chi connectivity index (χ2n) is 8.12. The lowest BCUT2D eigenvalue weighted by molar-refractivity contribution is -0.135. The Labute approximate surface area is 179 Å². The van der Waals surface area contributed by atoms with Crippen LogP contribution < -0.4 is 5.73 Å². The lowest BCUT2D eigenvalue weighted by atomic mass is 9.96. The molecule has 0 aliphatic carbocycles. The number of furan rings is 2. The van der Waals surface area contributed by atoms with E-state index in [0.717, 1.165) is 16.7 Å². The Morgan fingerprint density at radius 2 is 1.94 bits per heavy atom. The molecule has 1 atom stereocenters. The monoisotopic (exact) mass is 420 g/mol. The van der Waals surface area contributed by atoms with Crippen LogP contribution in [0.5, 0.6) is 0 Å². The topological polar surface area (TPSA) is 105 Å². The molecule has 31 heavy (non-hydrogen) atoms. The van der Waals surface area contributed by atoms with Gasteiger partial charge < -0.3 is 14.6 Å². The molecule has 0 bridgehead atoms. The number of carbonyl (C=O) groups excluding carboxylic acids is 2. The largest absolute Gasteiger partial charge is 0.467 e. The van der Waals surface area contributed by atoms with Crippen molar-refractivity contribution in [2.45, 2.75) is 25.3 Å². The Kier molecular flexibility index (Phi) is 5.07. The molecular weight excluding hydrogens is 396 g/mol. The van der Waals surface area contributed by atoms with Crippen molar-refractivity contribution in [2.24, 2.45) is 16.8 Å². The van der Waals surface area contributed by atoms with E-state index >= 15 is 0 Å². The maximum atomic E-state index is 13.2. The quantitative estimate of drug-likeness (QED) is 0.683. The fraction of sp³-hybridized carbons (Fsp3) is 0.348. The number of nitrogens with zero attached hydrogens (tertiary/aromatic N) is 3. The first-order valence-electron chi connectivity index (χ1n) is 10.5. The summed E-state index contributed by atoms with van der Waals surface area (Å²) in [6.45, 7) is 1.57. The number of hydrogen-bond donors (Lipinski definition) is 1. The molecule has 160 valence electrons. The van der Waals surface area contributed by atoms with Crippen LogP contribution in [0.1, 0.15) is 36.8 Å². The van der Waals surface area contributed by atoms with Gasteiger partial charge in [-0.15, -0.1) is 0 Å². The molecular formula is C23H24N4O4. The fourth-order valence-electron chi connectivity index (χ4n) is 4.36. The number of piperidine rings is 1. The Balaban J connectivity index is 1.36. The highest BCUT2D eigenvalue weighted by Crippen LogP contribution is 2.34. The summed E-state index contributed by atoms with van der Waals surface area (Å²) in [4.78, 5) is 26.6. The molecule has 1 saturated heterocycles. The van der Waals surface area contributed by atoms with Gasteiger partial charge in [0.05, 0.1) is 12.8 Å². The number of hydrogen-bond acceptors (Lipinski definition) is 6. The van der Waals surface area contributed by atoms with Crippen LogP contribution in [0.3, 0.4) is 0 Å². The van der Waals surface area contributed by atoms with Gasteiger partial charge in [-0.3, -0.25) is 14.5 Å². The summed E-state index contributed by atoms with van der Waals surface area (Å²) in [6, 6.07) is 13.1. The van der Waals surface area contributed by atoms with Crippen molar-refractivity contribution in [2.75, 3.05) is 19.6 Å². The van der Waals surface area contributed by atoms with E-state index in [1.165, 1.54) is 5.01 Å². The van der Waals surface area contributed by atoms with Crippen LogP contribution in [0.2, 0.25) is 0 Å². The maximum absolute atomic E-state index is 13.2. The molecule has 0 spiro atoms. The molecule has 5 rings (SSSR count). The van der Waals surface area contributed by atoms with Crippen LogP contribution in [-0.4, -0.2) is 47.1 Å². The van der Waals surface area contributed by atoms with E-state index in [0.29, 0.717) is 43.9 Å². The second-order valence-corrected chi connectivity index (χ2v) is 8.12. The normalized spacial score (nSPS) is 20.3. The molecule has 2 amide bonds. The van der Waals surface area contributed by atoms with E-state index in [4.69, 9.17) is 14.6 Å². The smallest absolute Gasteiger partial charge is 0.257 e. The van der Waals surface area contributed by atoms with Gasteiger partial charge >= 0.3 is 0 Å². The zero-order valence-corrected chi connectivity index (χ0v) is 17.1. The summed E-state index contributed by atoms with van der Waals surface area (Å²) in [6.07, 6.45) is 3.48. The highest BCUT2D eigenvalue weighted by molar-refractivity contribution is 6.03. The molecule has 3 aromatic rings. The summed E-state index contributed by atoms with van der Waals surface area (Å²) < 4.78 is 11.6. The summed E-state index contributed by atoms with van der Waals surface area (Å²) >= 11 is 0. The number of benzene rings is 1. The van der Waals surface area contributed by atoms with E-state index in [-0.39, 0.29) is 30.3 Å². The molecule has 1 unspecified atom stereocenters. The van der Waals surface area contributed by atoms with E-state index in [1.54, 1.807) is 6.26 Å². The highest BCUT2D eigenvalue weighted by Gasteiger charge is 2.37. The van der Waals surface area contributed by atoms with Crippen molar-refractivity contribution in [3.63, 3.8) is 0 Å². The zero-order valence-electron chi connectivity index (χ0n) is 17.1. The first-order valence-corrected chi connectivity index (χ1v) is 10.5. The molecule has 0 saturated carbocycles. The van der Waals surface area contributed by atoms with Crippen LogP contribution in [-0.2, 0) is 9.59 Å². The molecule has 2 aliphatic rings. The lowest BCUT2D eigenvalue weighted by Crippen LogP contribution is -2.43. The Morgan fingerprint density at radius 1 is 1.13 bits per heavy atom. The highest BCUT2D eigenvalue weighted by atomic mass is 16.3. The number of fused-ring (bicyclic) bond motifs is 1. The number of rotatable bonds is 5. The van der Waals surface area contributed by atoms with Gasteiger partial charge in [-0.25, -0.2) is 5.01 Å². The second kappa shape index (κ2) is 8.03. The molecule has 2 aliphatic heterocycles. The Morgan fingerprint density at radius 3 is 2.65 bits per heavy atom. The number of carbonyl (C=O) groups is 2. The molecule has 8 nitrogen and oxygen atoms in total. The predicted molar refractivity (Wildman–Crippen MR) is 114 cm³/mol. The third-order valence-corrected chi connectivity index (χ3v) is 6.10. The van der Waals surface area contributed by atoms with Gasteiger partial charge in [0.1, 0.15) is 23.1 Å². The van der Waals surface area contributed by atoms with Gasteiger partial charge in [0.25, 0.3) is 5.91 Å². The summed E-state index contributed by atoms with van der Waals surface area (Å²) in [5.74, 6) is 0.881. The van der Waals surface area contributed by atoms with Crippen molar-refractivity contribution < 1.29 is 18.4 Å². The van der Waals surface area contributed by atoms with Crippen molar-refractivity contribution in [1.82, 2.24) is 9.91 Å². The van der Waals surface area contributed by atoms with E-state index in [2.05, 4.69) is 10.0 Å². The minimum Gasteiger partial charge on any atom is -0.467 e. The van der Waals surface area contributed by atoms with Gasteiger partial charge in [0.2, 0.25) is 5.91 Å². The van der Waals surface area contributed by atoms with Crippen LogP contribution in [0.25, 0.3) is 11.0 Å².